The number of carbonyl (C=O) groups is 2. The van der Waals surface area contributed by atoms with Crippen LogP contribution in [0.25, 0.3) is 0 Å². The molecule has 1 atom stereocenters. The summed E-state index contributed by atoms with van der Waals surface area (Å²) < 4.78 is 5.43. The van der Waals surface area contributed by atoms with E-state index in [9.17, 15) is 9.59 Å². The normalized spacial score (nSPS) is 13.2. The van der Waals surface area contributed by atoms with E-state index in [2.05, 4.69) is 55.5 Å². The number of esters is 1. The average molecular weight is 405 g/mol. The summed E-state index contributed by atoms with van der Waals surface area (Å²) in [6.07, 6.45) is 26.5. The zero-order valence-corrected chi connectivity index (χ0v) is 18.4. The molecule has 1 unspecified atom stereocenters. The van der Waals surface area contributed by atoms with Crippen molar-refractivity contribution in [2.75, 3.05) is 0 Å². The number of unbranched alkanes of at least 4 members (excludes halogenated alkanes) is 2. The molecule has 0 aromatic carbocycles. The van der Waals surface area contributed by atoms with Gasteiger partial charge in [0.1, 0.15) is 6.10 Å². The monoisotopic (exact) mass is 404 g/mol. The van der Waals surface area contributed by atoms with Crippen LogP contribution in [0.3, 0.4) is 0 Å². The van der Waals surface area contributed by atoms with E-state index in [0.29, 0.717) is 19.3 Å². The summed E-state index contributed by atoms with van der Waals surface area (Å²) in [7, 11) is 0. The highest BCUT2D eigenvalue weighted by Gasteiger charge is 2.12. The lowest BCUT2D eigenvalue weighted by Gasteiger charge is -2.15. The number of carbonyl (C=O) groups excluding carboxylic acids is 1. The SMILES string of the molecule is CC/C=C\C/C=C\C/C=C\C/C=C\CCCCC(=O)OC(CC)CCCC(=O)O. The molecule has 29 heavy (non-hydrogen) atoms. The topological polar surface area (TPSA) is 63.6 Å². The molecule has 0 aromatic heterocycles. The molecule has 0 aliphatic carbocycles. The molecule has 0 heterocycles. The molecule has 4 heteroatoms. The summed E-state index contributed by atoms with van der Waals surface area (Å²) in [5, 5.41) is 8.66. The van der Waals surface area contributed by atoms with Crippen molar-refractivity contribution in [3.8, 4) is 0 Å². The van der Waals surface area contributed by atoms with Gasteiger partial charge in [-0.3, -0.25) is 9.59 Å². The van der Waals surface area contributed by atoms with Crippen LogP contribution in [0, 0.1) is 0 Å². The summed E-state index contributed by atoms with van der Waals surface area (Å²) in [4.78, 5) is 22.4. The predicted molar refractivity (Wildman–Crippen MR) is 121 cm³/mol. The second-order valence-corrected chi connectivity index (χ2v) is 7.05. The Morgan fingerprint density at radius 1 is 0.793 bits per heavy atom. The fourth-order valence-electron chi connectivity index (χ4n) is 2.70. The van der Waals surface area contributed by atoms with Gasteiger partial charge < -0.3 is 9.84 Å². The van der Waals surface area contributed by atoms with Crippen LogP contribution in [-0.4, -0.2) is 23.1 Å². The molecule has 0 saturated heterocycles. The van der Waals surface area contributed by atoms with Crippen molar-refractivity contribution in [3.05, 3.63) is 48.6 Å². The fourth-order valence-corrected chi connectivity index (χ4v) is 2.70. The van der Waals surface area contributed by atoms with Gasteiger partial charge in [-0.25, -0.2) is 0 Å². The van der Waals surface area contributed by atoms with Crippen LogP contribution in [0.4, 0.5) is 0 Å². The summed E-state index contributed by atoms with van der Waals surface area (Å²) in [6.45, 7) is 4.10. The van der Waals surface area contributed by atoms with Gasteiger partial charge in [0.15, 0.2) is 0 Å². The van der Waals surface area contributed by atoms with Crippen LogP contribution >= 0.6 is 0 Å². The summed E-state index contributed by atoms with van der Waals surface area (Å²) in [5.41, 5.74) is 0. The molecule has 0 amide bonds. The second-order valence-electron chi connectivity index (χ2n) is 7.05. The van der Waals surface area contributed by atoms with Gasteiger partial charge in [-0.1, -0.05) is 62.5 Å². The summed E-state index contributed by atoms with van der Waals surface area (Å²) in [5.74, 6) is -0.973. The fraction of sp³-hybridized carbons (Fsp3) is 0.600. The molecule has 4 nitrogen and oxygen atoms in total. The Morgan fingerprint density at radius 2 is 1.38 bits per heavy atom. The number of hydrogen-bond acceptors (Lipinski definition) is 3. The van der Waals surface area contributed by atoms with Crippen molar-refractivity contribution in [1.29, 1.82) is 0 Å². The summed E-state index contributed by atoms with van der Waals surface area (Å²) in [6, 6.07) is 0. The first-order valence-corrected chi connectivity index (χ1v) is 11.1. The second kappa shape index (κ2) is 20.6. The van der Waals surface area contributed by atoms with Crippen LogP contribution in [0.2, 0.25) is 0 Å². The Morgan fingerprint density at radius 3 is 1.93 bits per heavy atom. The van der Waals surface area contributed by atoms with E-state index in [4.69, 9.17) is 9.84 Å². The standard InChI is InChI=1S/C25H40O4/c1-3-5-6-7-8-9-10-11-12-13-14-15-16-17-18-22-25(28)29-23(4-2)20-19-21-24(26)27/h5-6,8-9,11-12,14-15,23H,3-4,7,10,13,16-22H2,1-2H3,(H,26,27)/b6-5-,9-8-,12-11-,15-14-. The Balaban J connectivity index is 3.66. The third kappa shape index (κ3) is 20.4. The molecule has 164 valence electrons. The van der Waals surface area contributed by atoms with Crippen molar-refractivity contribution in [2.24, 2.45) is 0 Å². The predicted octanol–water partition coefficient (Wildman–Crippen LogP) is 6.93. The first-order chi connectivity index (χ1) is 14.1. The maximum Gasteiger partial charge on any atom is 0.306 e. The number of hydrogen-bond donors (Lipinski definition) is 1. The third-order valence-electron chi connectivity index (χ3n) is 4.39. The zero-order chi connectivity index (χ0) is 21.6. The molecule has 0 bridgehead atoms. The molecule has 0 radical (unpaired) electrons. The van der Waals surface area contributed by atoms with Gasteiger partial charge in [0.05, 0.1) is 0 Å². The van der Waals surface area contributed by atoms with Crippen molar-refractivity contribution >= 4 is 11.9 Å². The van der Waals surface area contributed by atoms with Gasteiger partial charge in [-0.2, -0.15) is 0 Å². The maximum absolute atomic E-state index is 11.9. The van der Waals surface area contributed by atoms with Crippen LogP contribution in [-0.2, 0) is 14.3 Å². The van der Waals surface area contributed by atoms with E-state index >= 15 is 0 Å². The number of aliphatic carboxylic acids is 1. The molecule has 1 N–H and O–H groups in total. The molecule has 0 saturated carbocycles. The lowest BCUT2D eigenvalue weighted by atomic mass is 10.1. The minimum Gasteiger partial charge on any atom is -0.481 e. The number of carboxylic acid groups (broad SMARTS) is 1. The minimum atomic E-state index is -0.804. The Hall–Kier alpha value is -2.10. The first kappa shape index (κ1) is 26.9. The Kier molecular flexibility index (Phi) is 19.1. The Labute approximate surface area is 177 Å². The average Bonchev–Trinajstić information content (AvgIpc) is 2.69. The number of ether oxygens (including phenoxy) is 1. The number of rotatable bonds is 18. The Bertz CT molecular complexity index is 529. The third-order valence-corrected chi connectivity index (χ3v) is 4.39. The minimum absolute atomic E-state index is 0.128. The number of carboxylic acids is 1. The van der Waals surface area contributed by atoms with Gasteiger partial charge in [0.2, 0.25) is 0 Å². The van der Waals surface area contributed by atoms with Gasteiger partial charge in [-0.05, 0) is 64.2 Å². The lowest BCUT2D eigenvalue weighted by molar-refractivity contribution is -0.149. The van der Waals surface area contributed by atoms with Crippen molar-refractivity contribution < 1.29 is 19.4 Å². The molecule has 0 rings (SSSR count). The molecule has 0 fully saturated rings. The van der Waals surface area contributed by atoms with Crippen LogP contribution in [0.15, 0.2) is 48.6 Å². The van der Waals surface area contributed by atoms with E-state index in [1.807, 2.05) is 6.92 Å². The molecule has 0 aliphatic rings. The zero-order valence-electron chi connectivity index (χ0n) is 18.4. The van der Waals surface area contributed by atoms with Gasteiger partial charge in [0, 0.05) is 12.8 Å². The quantitative estimate of drug-likeness (QED) is 0.153. The van der Waals surface area contributed by atoms with Gasteiger partial charge >= 0.3 is 11.9 Å². The van der Waals surface area contributed by atoms with Crippen LogP contribution in [0.5, 0.6) is 0 Å². The first-order valence-electron chi connectivity index (χ1n) is 11.1. The van der Waals surface area contributed by atoms with Crippen LogP contribution in [0.1, 0.15) is 90.9 Å². The smallest absolute Gasteiger partial charge is 0.306 e. The van der Waals surface area contributed by atoms with E-state index in [1.54, 1.807) is 0 Å². The highest BCUT2D eigenvalue weighted by Crippen LogP contribution is 2.11. The molecule has 0 aromatic rings. The molecule has 0 spiro atoms. The van der Waals surface area contributed by atoms with Crippen LogP contribution < -0.4 is 0 Å². The molecular formula is C25H40O4. The highest BCUT2D eigenvalue weighted by molar-refractivity contribution is 5.69. The largest absolute Gasteiger partial charge is 0.481 e. The van der Waals surface area contributed by atoms with Crippen molar-refractivity contribution in [2.45, 2.75) is 97.0 Å². The molecular weight excluding hydrogens is 364 g/mol. The van der Waals surface area contributed by atoms with E-state index in [-0.39, 0.29) is 18.5 Å². The van der Waals surface area contributed by atoms with E-state index in [1.165, 1.54) is 0 Å². The summed E-state index contributed by atoms with van der Waals surface area (Å²) >= 11 is 0. The van der Waals surface area contributed by atoms with Crippen molar-refractivity contribution in [1.82, 2.24) is 0 Å². The lowest BCUT2D eigenvalue weighted by Crippen LogP contribution is -2.17. The van der Waals surface area contributed by atoms with Crippen molar-refractivity contribution in [3.63, 3.8) is 0 Å². The molecule has 0 aliphatic heterocycles. The van der Waals surface area contributed by atoms with Gasteiger partial charge in [-0.15, -0.1) is 0 Å². The van der Waals surface area contributed by atoms with Gasteiger partial charge in [0.25, 0.3) is 0 Å². The maximum atomic E-state index is 11.9. The highest BCUT2D eigenvalue weighted by atomic mass is 16.5. The van der Waals surface area contributed by atoms with E-state index in [0.717, 1.165) is 51.4 Å². The van der Waals surface area contributed by atoms with E-state index < -0.39 is 5.97 Å². The number of allylic oxidation sites excluding steroid dienone is 8.